The maximum atomic E-state index is 15.1. The molecule has 1 spiro atoms. The molecule has 2 bridgehead atoms. The largest absolute Gasteiger partial charge is 0.385 e. The van der Waals surface area contributed by atoms with Gasteiger partial charge in [0.05, 0.1) is 94.5 Å². The van der Waals surface area contributed by atoms with Crippen LogP contribution in [0.1, 0.15) is 249 Å². The van der Waals surface area contributed by atoms with E-state index in [1.807, 2.05) is 65.7 Å². The predicted molar refractivity (Wildman–Crippen MR) is 478 cm³/mol. The lowest BCUT2D eigenvalue weighted by Crippen LogP contribution is -2.63. The second-order valence-electron chi connectivity index (χ2n) is 38.7. The molecule has 13 heterocycles. The highest BCUT2D eigenvalue weighted by atomic mass is 32.1. The molecule has 10 amide bonds. The Bertz CT molecular complexity index is 6000. The molecule has 6 saturated heterocycles. The smallest absolute Gasteiger partial charge is 0.264 e. The zero-order chi connectivity index (χ0) is 87.1. The molecule has 3 saturated carbocycles. The van der Waals surface area contributed by atoms with Gasteiger partial charge in [-0.1, -0.05) is 30.3 Å². The average Bonchev–Trinajstić information content (AvgIpc) is 1.74. The van der Waals surface area contributed by atoms with Crippen molar-refractivity contribution in [3.63, 3.8) is 0 Å². The Morgan fingerprint density at radius 1 is 0.575 bits per heavy atom. The Kier molecular flexibility index (Phi) is 21.6. The summed E-state index contributed by atoms with van der Waals surface area (Å²) in [4.78, 5) is 161. The lowest BCUT2D eigenvalue weighted by atomic mass is 9.57. The Balaban J connectivity index is 0.470. The number of imide groups is 4. The first kappa shape index (κ1) is 83.1. The normalized spacial score (nSPS) is 25.5. The molecule has 7 N–H and O–H groups in total. The topological polar surface area (TPSA) is 356 Å². The van der Waals surface area contributed by atoms with E-state index in [2.05, 4.69) is 52.4 Å². The molecule has 9 aliphatic heterocycles. The molecular formula is C96H106N16O13S2. The van der Waals surface area contributed by atoms with E-state index in [1.54, 1.807) is 71.4 Å². The van der Waals surface area contributed by atoms with Gasteiger partial charge in [0.1, 0.15) is 23.5 Å². The minimum Gasteiger partial charge on any atom is -0.385 e. The number of carbonyl (C=O) groups excluding carboxylic acids is 10. The van der Waals surface area contributed by atoms with Crippen LogP contribution in [0.15, 0.2) is 103 Å². The molecule has 12 aliphatic rings. The van der Waals surface area contributed by atoms with Crippen LogP contribution in [0, 0.1) is 29.1 Å². The Morgan fingerprint density at radius 3 is 1.73 bits per heavy atom. The summed E-state index contributed by atoms with van der Waals surface area (Å²) in [6, 6.07) is 26.1. The van der Waals surface area contributed by atoms with Gasteiger partial charge in [-0.25, -0.2) is 19.5 Å². The maximum Gasteiger partial charge on any atom is 0.264 e. The van der Waals surface area contributed by atoms with Crippen LogP contribution in [0.2, 0.25) is 0 Å². The van der Waals surface area contributed by atoms with Crippen LogP contribution in [0.25, 0.3) is 26.1 Å². The summed E-state index contributed by atoms with van der Waals surface area (Å²) in [5.41, 5.74) is 5.04. The molecule has 6 atom stereocenters. The van der Waals surface area contributed by atoms with Crippen molar-refractivity contribution in [1.82, 2.24) is 54.8 Å². The molecule has 31 heteroatoms. The Labute approximate surface area is 742 Å². The minimum atomic E-state index is -1.67. The maximum absolute atomic E-state index is 15.1. The molecule has 3 aliphatic carbocycles. The number of aliphatic hydroxyl groups is 2. The Hall–Kier alpha value is -10.8. The van der Waals surface area contributed by atoms with Crippen LogP contribution >= 0.6 is 22.7 Å². The van der Waals surface area contributed by atoms with Gasteiger partial charge in [-0.2, -0.15) is 5.10 Å². The second-order valence-corrected chi connectivity index (χ2v) is 40.8. The number of nitrogens with zero attached hydrogens (tertiary/aromatic N) is 11. The number of aromatic nitrogens is 5. The molecular weight excluding hydrogens is 1650 g/mol. The highest BCUT2D eigenvalue weighted by Crippen LogP contribution is 2.55. The van der Waals surface area contributed by atoms with Gasteiger partial charge < -0.3 is 50.5 Å². The number of thiazole rings is 2. The fourth-order valence-corrected chi connectivity index (χ4v) is 25.5. The summed E-state index contributed by atoms with van der Waals surface area (Å²) < 4.78 is 9.34. The number of fused-ring (bicyclic) bond motifs is 8. The van der Waals surface area contributed by atoms with Crippen molar-refractivity contribution in [2.24, 2.45) is 29.1 Å². The zero-order valence-corrected chi connectivity index (χ0v) is 73.2. The summed E-state index contributed by atoms with van der Waals surface area (Å²) in [5, 5.41) is 48.0. The number of amides is 10. The summed E-state index contributed by atoms with van der Waals surface area (Å²) in [5.74, 6) is -1.32. The van der Waals surface area contributed by atoms with Crippen molar-refractivity contribution < 1.29 is 62.9 Å². The summed E-state index contributed by atoms with van der Waals surface area (Å²) >= 11 is 3.30. The fraction of sp³-hybridized carbons (Fsp3) is 0.500. The predicted octanol–water partition coefficient (Wildman–Crippen LogP) is 12.1. The number of piperidine rings is 3. The van der Waals surface area contributed by atoms with Crippen molar-refractivity contribution in [2.75, 3.05) is 97.8 Å². The highest BCUT2D eigenvalue weighted by Gasteiger charge is 2.53. The molecule has 0 radical (unpaired) electrons. The molecule has 5 aromatic carbocycles. The summed E-state index contributed by atoms with van der Waals surface area (Å²) in [7, 11) is 0. The van der Waals surface area contributed by atoms with E-state index in [9.17, 15) is 53.4 Å². The first-order valence-corrected chi connectivity index (χ1v) is 47.4. The third-order valence-corrected chi connectivity index (χ3v) is 32.5. The van der Waals surface area contributed by atoms with Gasteiger partial charge in [0.25, 0.3) is 35.4 Å². The van der Waals surface area contributed by atoms with Crippen molar-refractivity contribution >= 4 is 136 Å². The van der Waals surface area contributed by atoms with E-state index < -0.39 is 76.5 Å². The summed E-state index contributed by atoms with van der Waals surface area (Å²) in [6.07, 6.45) is 20.0. The van der Waals surface area contributed by atoms with Crippen molar-refractivity contribution in [2.45, 2.75) is 202 Å². The van der Waals surface area contributed by atoms with E-state index in [0.717, 1.165) is 182 Å². The monoisotopic (exact) mass is 1750 g/mol. The van der Waals surface area contributed by atoms with Gasteiger partial charge in [-0.05, 0) is 251 Å². The van der Waals surface area contributed by atoms with Gasteiger partial charge in [-0.3, -0.25) is 68.4 Å². The van der Waals surface area contributed by atoms with Crippen LogP contribution < -0.4 is 36.4 Å². The van der Waals surface area contributed by atoms with E-state index >= 15 is 4.79 Å². The zero-order valence-electron chi connectivity index (χ0n) is 71.5. The van der Waals surface area contributed by atoms with Gasteiger partial charge in [0.15, 0.2) is 5.65 Å². The van der Waals surface area contributed by atoms with Crippen molar-refractivity contribution in [3.05, 3.63) is 163 Å². The number of nitrogens with one attached hydrogen (secondary N) is 5. The highest BCUT2D eigenvalue weighted by molar-refractivity contribution is 7.19. The SMILES string of the molecule is CC(O)(CCC(C)(O)c1cc2nc(C3CCC(CN4CC5(CC(CCNc6cccc7c6C(=O)N(C6CCC(=O)NC6=O)C7=O)C5)C4)CC3)sc2cc1N1CCc2ccccc2C1=O)c1cc2nc(C3CCC(CN4CCC(CCNc5cccc6c5C(=O)N(C5CCC(=O)NC5=O)C6=O)CC4)CC3)sc2cc1NC(=O)c1cnn2ccc(N3C[C@H]4C[C@@H]3CO4)nc12. The van der Waals surface area contributed by atoms with Gasteiger partial charge in [0.2, 0.25) is 23.6 Å². The van der Waals surface area contributed by atoms with E-state index in [1.165, 1.54) is 6.20 Å². The molecule has 29 nitrogen and oxygen atoms in total. The molecule has 4 aromatic heterocycles. The number of carbonyl (C=O) groups is 10. The van der Waals surface area contributed by atoms with Crippen LogP contribution in [0.3, 0.4) is 0 Å². The van der Waals surface area contributed by atoms with E-state index in [4.69, 9.17) is 19.7 Å². The number of ether oxygens (including phenoxy) is 1. The standard InChI is InChI=1S/C96H106N16O13S2/c1-94(123,31-32-95(2,124)67-41-72-77(43-75(67)108-37-29-57-7-3-4-8-62(57)89(108)118)127-88(102-72)59-19-15-55(16-20-59)48-107-51-96(52-107)44-56(45-96)26-34-98-69-12-6-10-64-82(69)93(122)112(91(64)120)74-22-24-80(114)105-86(74)117)66-40-71-76(42-70(66)100-84(115)65-46-99-110-38-30-78(103-83(65)110)109-49-61-39-60(109)50-125-61)126-87(101-71)58-17-13-54(14-18-58)47-106-35-27-53(28-36-106)25-33-97-68-11-5-9-63-81(68)92(121)111(90(63)119)73-21-23-79(113)104-85(73)116/h3-12,30,38,40-43,46,53-56,58-61,73-74,97-98,123-124H,13-29,31-37,39,44-45,47-52H2,1-2H3,(H,100,115)(H,104,113,116)(H,105,114,117)/t54?,55?,58?,59?,60-,61-,73?,74?,94?,95?/m1/s1. The first-order valence-electron chi connectivity index (χ1n) is 45.8. The lowest BCUT2D eigenvalue weighted by molar-refractivity contribution is -0.137. The third-order valence-electron chi connectivity index (χ3n) is 30.1. The number of hydrogen-bond donors (Lipinski definition) is 7. The van der Waals surface area contributed by atoms with Crippen LogP contribution in [0.5, 0.6) is 0 Å². The number of morpholine rings is 1. The molecule has 21 rings (SSSR count). The van der Waals surface area contributed by atoms with Crippen LogP contribution in [0.4, 0.5) is 28.6 Å². The molecule has 9 fully saturated rings. The van der Waals surface area contributed by atoms with Crippen LogP contribution in [-0.4, -0.2) is 210 Å². The van der Waals surface area contributed by atoms with Gasteiger partial charge >= 0.3 is 0 Å². The molecule has 4 unspecified atom stereocenters. The van der Waals surface area contributed by atoms with Gasteiger partial charge in [-0.15, -0.1) is 22.7 Å². The van der Waals surface area contributed by atoms with E-state index in [-0.39, 0.29) is 96.2 Å². The molecule has 660 valence electrons. The number of hydrogen-bond acceptors (Lipinski definition) is 24. The second kappa shape index (κ2) is 33.1. The van der Waals surface area contributed by atoms with Gasteiger partial charge in [0, 0.05) is 117 Å². The Morgan fingerprint density at radius 2 is 1.14 bits per heavy atom. The minimum absolute atomic E-state index is 0.0361. The quantitative estimate of drug-likeness (QED) is 0.0261. The number of anilines is 5. The average molecular weight is 1760 g/mol. The number of likely N-dealkylation sites (tertiary alicyclic amines) is 2. The third kappa shape index (κ3) is 15.6. The van der Waals surface area contributed by atoms with E-state index in [0.29, 0.717) is 119 Å². The number of rotatable bonds is 25. The molecule has 127 heavy (non-hydrogen) atoms. The van der Waals surface area contributed by atoms with Crippen molar-refractivity contribution in [3.8, 4) is 0 Å². The lowest BCUT2D eigenvalue weighted by Gasteiger charge is -2.60. The van der Waals surface area contributed by atoms with Crippen molar-refractivity contribution in [1.29, 1.82) is 0 Å². The number of benzene rings is 5. The summed E-state index contributed by atoms with van der Waals surface area (Å²) in [6.45, 7) is 12.8. The van der Waals surface area contributed by atoms with Crippen LogP contribution in [-0.2, 0) is 41.5 Å². The first-order chi connectivity index (χ1) is 61.4. The molecule has 9 aromatic rings. The fourth-order valence-electron chi connectivity index (χ4n) is 23.2.